The number of hydrogen-bond acceptors (Lipinski definition) is 4. The number of carbonyl (C=O) groups is 1. The van der Waals surface area contributed by atoms with Gasteiger partial charge in [0, 0.05) is 16.0 Å². The van der Waals surface area contributed by atoms with Crippen LogP contribution >= 0.6 is 11.3 Å². The summed E-state index contributed by atoms with van der Waals surface area (Å²) in [6.45, 7) is 9.66. The van der Waals surface area contributed by atoms with Crippen molar-refractivity contribution < 1.29 is 19.4 Å². The average Bonchev–Trinajstić information content (AvgIpc) is 2.94. The van der Waals surface area contributed by atoms with Crippen LogP contribution in [-0.2, 0) is 14.3 Å². The van der Waals surface area contributed by atoms with Crippen LogP contribution < -0.4 is 4.50 Å². The molecule has 0 amide bonds. The van der Waals surface area contributed by atoms with Gasteiger partial charge in [-0.15, -0.1) is 11.3 Å². The van der Waals surface area contributed by atoms with E-state index in [0.29, 0.717) is 18.8 Å². The van der Waals surface area contributed by atoms with Crippen molar-refractivity contribution in [1.82, 2.24) is 0 Å². The van der Waals surface area contributed by atoms with E-state index in [4.69, 9.17) is 14.6 Å². The first-order valence-corrected chi connectivity index (χ1v) is 10.9. The molecule has 1 aliphatic rings. The summed E-state index contributed by atoms with van der Waals surface area (Å²) in [6, 6.07) is 2.01. The summed E-state index contributed by atoms with van der Waals surface area (Å²) in [5.74, 6) is -0.886. The third-order valence-corrected chi connectivity index (χ3v) is 7.74. The molecule has 1 aliphatic heterocycles. The van der Waals surface area contributed by atoms with Crippen molar-refractivity contribution >= 4 is 36.0 Å². The quantitative estimate of drug-likeness (QED) is 0.686. The monoisotopic (exact) mass is 312 g/mol. The van der Waals surface area contributed by atoms with Gasteiger partial charge in [-0.25, -0.2) is 4.79 Å². The highest BCUT2D eigenvalue weighted by Gasteiger charge is 2.30. The zero-order valence-electron chi connectivity index (χ0n) is 12.2. The van der Waals surface area contributed by atoms with Crippen LogP contribution in [0.1, 0.15) is 23.7 Å². The molecule has 0 radical (unpaired) electrons. The van der Waals surface area contributed by atoms with Crippen molar-refractivity contribution in [2.75, 3.05) is 13.2 Å². The Labute approximate surface area is 124 Å². The number of carboxylic acid groups (broad SMARTS) is 1. The average molecular weight is 312 g/mol. The zero-order chi connectivity index (χ0) is 14.9. The summed E-state index contributed by atoms with van der Waals surface area (Å²) in [5, 5.41) is 8.99. The molecule has 6 heteroatoms. The number of hydrogen-bond donors (Lipinski definition) is 1. The third-order valence-electron chi connectivity index (χ3n) is 3.03. The normalized spacial score (nSPS) is 17.7. The molecule has 0 spiro atoms. The van der Waals surface area contributed by atoms with Crippen LogP contribution in [0.2, 0.25) is 19.6 Å². The predicted molar refractivity (Wildman–Crippen MR) is 83.2 cm³/mol. The van der Waals surface area contributed by atoms with E-state index in [1.165, 1.54) is 4.50 Å². The molecule has 110 valence electrons. The number of rotatable bonds is 4. The molecule has 1 aromatic heterocycles. The molecule has 0 saturated carbocycles. The topological polar surface area (TPSA) is 55.8 Å². The van der Waals surface area contributed by atoms with Crippen molar-refractivity contribution in [3.63, 3.8) is 0 Å². The molecule has 1 saturated heterocycles. The van der Waals surface area contributed by atoms with Crippen molar-refractivity contribution in [3.8, 4) is 0 Å². The lowest BCUT2D eigenvalue weighted by Crippen LogP contribution is -2.38. The molecule has 0 aromatic carbocycles. The van der Waals surface area contributed by atoms with Crippen LogP contribution in [-0.4, -0.2) is 32.4 Å². The van der Waals surface area contributed by atoms with Gasteiger partial charge in [-0.05, 0) is 23.6 Å². The molecule has 20 heavy (non-hydrogen) atoms. The second kappa shape index (κ2) is 5.81. The van der Waals surface area contributed by atoms with Gasteiger partial charge in [0.05, 0.1) is 21.3 Å². The van der Waals surface area contributed by atoms with E-state index < -0.39 is 14.0 Å². The second-order valence-electron chi connectivity index (χ2n) is 5.89. The molecule has 2 rings (SSSR count). The lowest BCUT2D eigenvalue weighted by molar-refractivity contribution is -0.132. The Morgan fingerprint density at radius 2 is 2.00 bits per heavy atom. The lowest BCUT2D eigenvalue weighted by Gasteiger charge is -2.19. The molecule has 4 nitrogen and oxygen atoms in total. The Morgan fingerprint density at radius 3 is 2.50 bits per heavy atom. The SMILES string of the molecule is CC(=Cc1cc(C2OCCO2)c([Si](C)(C)C)s1)C(=O)O. The highest BCUT2D eigenvalue weighted by atomic mass is 32.1. The molecule has 0 unspecified atom stereocenters. The fourth-order valence-corrected chi connectivity index (χ4v) is 5.64. The molecular formula is C14H20O4SSi. The molecule has 1 N–H and O–H groups in total. The van der Waals surface area contributed by atoms with Crippen molar-refractivity contribution in [1.29, 1.82) is 0 Å². The molecule has 0 aliphatic carbocycles. The van der Waals surface area contributed by atoms with E-state index in [0.717, 1.165) is 10.4 Å². The van der Waals surface area contributed by atoms with E-state index in [2.05, 4.69) is 19.6 Å². The number of ether oxygens (including phenoxy) is 2. The smallest absolute Gasteiger partial charge is 0.331 e. The van der Waals surface area contributed by atoms with Crippen LogP contribution in [0.3, 0.4) is 0 Å². The van der Waals surface area contributed by atoms with Crippen LogP contribution in [0.5, 0.6) is 0 Å². The van der Waals surface area contributed by atoms with Gasteiger partial charge >= 0.3 is 5.97 Å². The molecule has 1 aromatic rings. The number of aliphatic carboxylic acids is 1. The second-order valence-corrected chi connectivity index (χ2v) is 12.3. The summed E-state index contributed by atoms with van der Waals surface area (Å²) in [7, 11) is -1.52. The van der Waals surface area contributed by atoms with E-state index in [-0.39, 0.29) is 6.29 Å². The molecule has 0 atom stereocenters. The van der Waals surface area contributed by atoms with Crippen LogP contribution in [0.15, 0.2) is 11.6 Å². The van der Waals surface area contributed by atoms with Crippen LogP contribution in [0.4, 0.5) is 0 Å². The number of thiophene rings is 1. The summed E-state index contributed by atoms with van der Waals surface area (Å²) < 4.78 is 12.5. The minimum absolute atomic E-state index is 0.291. The maximum absolute atomic E-state index is 10.9. The third kappa shape index (κ3) is 3.38. The van der Waals surface area contributed by atoms with E-state index in [9.17, 15) is 4.79 Å². The van der Waals surface area contributed by atoms with Gasteiger partial charge in [-0.2, -0.15) is 0 Å². The van der Waals surface area contributed by atoms with Gasteiger partial charge in [0.1, 0.15) is 0 Å². The standard InChI is InChI=1S/C14H20O4SSi/c1-9(12(15)16)7-10-8-11(13-17-5-6-18-13)14(19-10)20(2,3)4/h7-8,13H,5-6H2,1-4H3,(H,15,16). The first kappa shape index (κ1) is 15.4. The lowest BCUT2D eigenvalue weighted by atomic mass is 10.2. The summed E-state index contributed by atoms with van der Waals surface area (Å²) in [4.78, 5) is 11.9. The summed E-state index contributed by atoms with van der Waals surface area (Å²) >= 11 is 1.66. The van der Waals surface area contributed by atoms with Gasteiger partial charge in [0.25, 0.3) is 0 Å². The van der Waals surface area contributed by atoms with Gasteiger partial charge in [-0.3, -0.25) is 0 Å². The van der Waals surface area contributed by atoms with Gasteiger partial charge in [0.2, 0.25) is 0 Å². The molecule has 0 bridgehead atoms. The maximum Gasteiger partial charge on any atom is 0.331 e. The van der Waals surface area contributed by atoms with Gasteiger partial charge < -0.3 is 14.6 Å². The predicted octanol–water partition coefficient (Wildman–Crippen LogP) is 2.83. The van der Waals surface area contributed by atoms with Gasteiger partial charge in [0.15, 0.2) is 6.29 Å². The highest BCUT2D eigenvalue weighted by Crippen LogP contribution is 2.29. The fraction of sp³-hybridized carbons (Fsp3) is 0.500. The van der Waals surface area contributed by atoms with Crippen LogP contribution in [0.25, 0.3) is 6.08 Å². The zero-order valence-corrected chi connectivity index (χ0v) is 14.0. The Kier molecular flexibility index (Phi) is 4.48. The van der Waals surface area contributed by atoms with Crippen LogP contribution in [0, 0.1) is 0 Å². The highest BCUT2D eigenvalue weighted by molar-refractivity contribution is 7.27. The Bertz CT molecular complexity index is 536. The summed E-state index contributed by atoms with van der Waals surface area (Å²) in [6.07, 6.45) is 1.43. The minimum atomic E-state index is -1.52. The number of carboxylic acids is 1. The Morgan fingerprint density at radius 1 is 1.40 bits per heavy atom. The first-order chi connectivity index (χ1) is 9.29. The van der Waals surface area contributed by atoms with Crippen molar-refractivity contribution in [3.05, 3.63) is 22.1 Å². The van der Waals surface area contributed by atoms with E-state index in [1.54, 1.807) is 24.3 Å². The van der Waals surface area contributed by atoms with Crippen molar-refractivity contribution in [2.45, 2.75) is 32.9 Å². The fourth-order valence-electron chi connectivity index (χ4n) is 2.07. The Hall–Kier alpha value is -0.953. The molecular weight excluding hydrogens is 292 g/mol. The molecule has 1 fully saturated rings. The minimum Gasteiger partial charge on any atom is -0.478 e. The maximum atomic E-state index is 10.9. The summed E-state index contributed by atoms with van der Waals surface area (Å²) in [5.41, 5.74) is 1.42. The van der Waals surface area contributed by atoms with E-state index in [1.807, 2.05) is 6.07 Å². The largest absolute Gasteiger partial charge is 0.478 e. The van der Waals surface area contributed by atoms with E-state index >= 15 is 0 Å². The van der Waals surface area contributed by atoms with Crippen molar-refractivity contribution in [2.24, 2.45) is 0 Å². The van der Waals surface area contributed by atoms with Gasteiger partial charge in [-0.1, -0.05) is 19.6 Å². The molecule has 2 heterocycles. The first-order valence-electron chi connectivity index (χ1n) is 6.58. The Balaban J connectivity index is 2.42.